The van der Waals surface area contributed by atoms with Gasteiger partial charge in [0.2, 0.25) is 0 Å². The molecule has 9 nitrogen and oxygen atoms in total. The number of rotatable bonds is 7. The van der Waals surface area contributed by atoms with E-state index in [1.54, 1.807) is 19.1 Å². The van der Waals surface area contributed by atoms with Gasteiger partial charge in [-0.25, -0.2) is 4.79 Å². The van der Waals surface area contributed by atoms with Crippen molar-refractivity contribution in [3.05, 3.63) is 57.1 Å². The maximum absolute atomic E-state index is 12.4. The van der Waals surface area contributed by atoms with Crippen LogP contribution in [-0.4, -0.2) is 37.0 Å². The summed E-state index contributed by atoms with van der Waals surface area (Å²) in [6.07, 6.45) is 1.32. The highest BCUT2D eigenvalue weighted by molar-refractivity contribution is 9.10. The number of imide groups is 2. The predicted octanol–water partition coefficient (Wildman–Crippen LogP) is 3.23. The van der Waals surface area contributed by atoms with Crippen molar-refractivity contribution in [2.45, 2.75) is 20.8 Å². The molecule has 5 amide bonds. The number of hydrogen-bond acceptors (Lipinski definition) is 6. The Hall–Kier alpha value is -3.66. The molecule has 2 aromatic carbocycles. The van der Waals surface area contributed by atoms with E-state index in [9.17, 15) is 19.2 Å². The third-order valence-corrected chi connectivity index (χ3v) is 5.40. The van der Waals surface area contributed by atoms with E-state index in [1.807, 2.05) is 42.7 Å². The van der Waals surface area contributed by atoms with E-state index in [2.05, 4.69) is 21.2 Å². The first kappa shape index (κ1) is 24.0. The van der Waals surface area contributed by atoms with Gasteiger partial charge in [0.25, 0.3) is 17.7 Å². The van der Waals surface area contributed by atoms with Gasteiger partial charge < -0.3 is 14.8 Å². The van der Waals surface area contributed by atoms with Gasteiger partial charge in [-0.15, -0.1) is 0 Å². The molecule has 2 aromatic rings. The lowest BCUT2D eigenvalue weighted by molar-refractivity contribution is -0.124. The lowest BCUT2D eigenvalue weighted by Crippen LogP contribution is -2.51. The second kappa shape index (κ2) is 10.3. The molecule has 1 fully saturated rings. The van der Waals surface area contributed by atoms with Gasteiger partial charge in [0.15, 0.2) is 18.1 Å². The van der Waals surface area contributed by atoms with Crippen molar-refractivity contribution in [1.29, 1.82) is 0 Å². The van der Waals surface area contributed by atoms with Crippen LogP contribution in [0.3, 0.4) is 0 Å². The Labute approximate surface area is 198 Å². The average Bonchev–Trinajstić information content (AvgIpc) is 2.73. The topological polar surface area (TPSA) is 123 Å². The summed E-state index contributed by atoms with van der Waals surface area (Å²) in [6.45, 7) is 5.71. The molecule has 3 rings (SSSR count). The molecular weight excluding hydrogens is 494 g/mol. The molecule has 33 heavy (non-hydrogen) atoms. The van der Waals surface area contributed by atoms with E-state index in [4.69, 9.17) is 9.47 Å². The lowest BCUT2D eigenvalue weighted by Gasteiger charge is -2.16. The van der Waals surface area contributed by atoms with Gasteiger partial charge in [-0.2, -0.15) is 0 Å². The van der Waals surface area contributed by atoms with E-state index in [-0.39, 0.29) is 18.1 Å². The predicted molar refractivity (Wildman–Crippen MR) is 125 cm³/mol. The number of nitrogens with one attached hydrogen (secondary N) is 3. The maximum atomic E-state index is 12.4. The zero-order chi connectivity index (χ0) is 24.1. The van der Waals surface area contributed by atoms with Gasteiger partial charge in [0.05, 0.1) is 11.1 Å². The van der Waals surface area contributed by atoms with Gasteiger partial charge in [-0.05, 0) is 77.7 Å². The molecule has 10 heteroatoms. The minimum atomic E-state index is -0.874. The largest absolute Gasteiger partial charge is 0.490 e. The molecule has 0 saturated carbocycles. The zero-order valence-corrected chi connectivity index (χ0v) is 19.8. The van der Waals surface area contributed by atoms with E-state index in [1.165, 1.54) is 6.08 Å². The number of ether oxygens (including phenoxy) is 2. The van der Waals surface area contributed by atoms with Crippen LogP contribution in [0.15, 0.2) is 40.4 Å². The number of urea groups is 1. The van der Waals surface area contributed by atoms with Crippen LogP contribution in [0.5, 0.6) is 11.5 Å². The summed E-state index contributed by atoms with van der Waals surface area (Å²) in [7, 11) is 0. The SMILES string of the molecule is CCOc1cc(C=C2C(=O)NC(=O)NC2=O)cc(Br)c1OCC(=O)Nc1cccc(C)c1C. The first-order valence-electron chi connectivity index (χ1n) is 10.0. The van der Waals surface area contributed by atoms with Crippen LogP contribution in [0.2, 0.25) is 0 Å². The third kappa shape index (κ3) is 5.78. The summed E-state index contributed by atoms with van der Waals surface area (Å²) < 4.78 is 11.8. The molecule has 0 atom stereocenters. The van der Waals surface area contributed by atoms with Crippen LogP contribution in [-0.2, 0) is 14.4 Å². The first-order chi connectivity index (χ1) is 15.7. The van der Waals surface area contributed by atoms with E-state index in [0.29, 0.717) is 33.8 Å². The Morgan fingerprint density at radius 3 is 2.45 bits per heavy atom. The van der Waals surface area contributed by atoms with Crippen LogP contribution in [0.1, 0.15) is 23.6 Å². The van der Waals surface area contributed by atoms with Crippen molar-refractivity contribution in [2.24, 2.45) is 0 Å². The van der Waals surface area contributed by atoms with Crippen LogP contribution in [0.4, 0.5) is 10.5 Å². The van der Waals surface area contributed by atoms with Crippen molar-refractivity contribution in [1.82, 2.24) is 10.6 Å². The molecule has 1 aliphatic rings. The van der Waals surface area contributed by atoms with E-state index >= 15 is 0 Å². The van der Waals surface area contributed by atoms with Gasteiger partial charge in [-0.1, -0.05) is 12.1 Å². The molecule has 1 heterocycles. The number of barbiturate groups is 1. The minimum Gasteiger partial charge on any atom is -0.490 e. The Kier molecular flexibility index (Phi) is 7.49. The average molecular weight is 516 g/mol. The van der Waals surface area contributed by atoms with Crippen LogP contribution >= 0.6 is 15.9 Å². The fourth-order valence-corrected chi connectivity index (χ4v) is 3.63. The summed E-state index contributed by atoms with van der Waals surface area (Å²) >= 11 is 3.39. The van der Waals surface area contributed by atoms with Crippen molar-refractivity contribution in [2.75, 3.05) is 18.5 Å². The first-order valence-corrected chi connectivity index (χ1v) is 10.8. The number of carbonyl (C=O) groups is 4. The number of aryl methyl sites for hydroxylation is 1. The summed E-state index contributed by atoms with van der Waals surface area (Å²) in [5.74, 6) is -1.35. The van der Waals surface area contributed by atoms with Crippen LogP contribution in [0.25, 0.3) is 6.08 Å². The van der Waals surface area contributed by atoms with Crippen LogP contribution < -0.4 is 25.4 Å². The number of anilines is 1. The number of amides is 5. The van der Waals surface area contributed by atoms with Crippen LogP contribution in [0, 0.1) is 13.8 Å². The second-order valence-corrected chi connectivity index (χ2v) is 8.00. The Bertz CT molecular complexity index is 1150. The Morgan fingerprint density at radius 2 is 1.79 bits per heavy atom. The summed E-state index contributed by atoms with van der Waals surface area (Å²) in [5, 5.41) is 6.86. The molecular formula is C23H22BrN3O6. The van der Waals surface area contributed by atoms with Gasteiger partial charge in [-0.3, -0.25) is 25.0 Å². The standard InChI is InChI=1S/C23H22BrN3O6/c1-4-32-18-10-14(8-15-21(29)26-23(31)27-22(15)30)9-16(24)20(18)33-11-19(28)25-17-7-5-6-12(2)13(17)3/h5-10H,4,11H2,1-3H3,(H,25,28)(H2,26,27,29,30,31). The maximum Gasteiger partial charge on any atom is 0.328 e. The number of carbonyl (C=O) groups excluding carboxylic acids is 4. The lowest BCUT2D eigenvalue weighted by atomic mass is 10.1. The summed E-state index contributed by atoms with van der Waals surface area (Å²) in [4.78, 5) is 47.6. The zero-order valence-electron chi connectivity index (χ0n) is 18.2. The highest BCUT2D eigenvalue weighted by Gasteiger charge is 2.28. The smallest absolute Gasteiger partial charge is 0.328 e. The molecule has 1 aliphatic heterocycles. The second-order valence-electron chi connectivity index (χ2n) is 7.14. The molecule has 1 saturated heterocycles. The Balaban J connectivity index is 1.80. The van der Waals surface area contributed by atoms with E-state index < -0.39 is 17.8 Å². The molecule has 0 aromatic heterocycles. The van der Waals surface area contributed by atoms with E-state index in [0.717, 1.165) is 11.1 Å². The van der Waals surface area contributed by atoms with Gasteiger partial charge >= 0.3 is 6.03 Å². The van der Waals surface area contributed by atoms with Crippen molar-refractivity contribution < 1.29 is 28.7 Å². The van der Waals surface area contributed by atoms with Crippen molar-refractivity contribution in [3.63, 3.8) is 0 Å². The number of halogens is 1. The van der Waals surface area contributed by atoms with Crippen molar-refractivity contribution >= 4 is 51.4 Å². The molecule has 0 aliphatic carbocycles. The fraction of sp³-hybridized carbons (Fsp3) is 0.217. The minimum absolute atomic E-state index is 0.231. The van der Waals surface area contributed by atoms with Gasteiger partial charge in [0.1, 0.15) is 5.57 Å². The monoisotopic (exact) mass is 515 g/mol. The number of hydrogen-bond donors (Lipinski definition) is 3. The summed E-state index contributed by atoms with van der Waals surface area (Å²) in [5.41, 5.74) is 2.95. The fourth-order valence-electron chi connectivity index (χ4n) is 3.06. The molecule has 3 N–H and O–H groups in total. The van der Waals surface area contributed by atoms with Crippen molar-refractivity contribution in [3.8, 4) is 11.5 Å². The normalized spacial score (nSPS) is 13.2. The molecule has 0 radical (unpaired) electrons. The Morgan fingerprint density at radius 1 is 1.09 bits per heavy atom. The molecule has 0 unspecified atom stereocenters. The third-order valence-electron chi connectivity index (χ3n) is 4.81. The highest BCUT2D eigenvalue weighted by atomic mass is 79.9. The molecule has 0 spiro atoms. The molecule has 172 valence electrons. The highest BCUT2D eigenvalue weighted by Crippen LogP contribution is 2.37. The number of benzene rings is 2. The van der Waals surface area contributed by atoms with Gasteiger partial charge in [0, 0.05) is 5.69 Å². The quantitative estimate of drug-likeness (QED) is 0.384. The molecule has 0 bridgehead atoms. The summed E-state index contributed by atoms with van der Waals surface area (Å²) in [6, 6.07) is 7.93.